The summed E-state index contributed by atoms with van der Waals surface area (Å²) in [6, 6.07) is 5.48. The highest BCUT2D eigenvalue weighted by Crippen LogP contribution is 2.17. The van der Waals surface area contributed by atoms with Crippen LogP contribution in [0.25, 0.3) is 0 Å². The molecule has 4 nitrogen and oxygen atoms in total. The molecule has 0 spiro atoms. The van der Waals surface area contributed by atoms with Gasteiger partial charge in [-0.25, -0.2) is 8.78 Å². The molecule has 0 bridgehead atoms. The average molecular weight is 282 g/mol. The lowest BCUT2D eigenvalue weighted by Crippen LogP contribution is -2.21. The number of hydrogen-bond acceptors (Lipinski definition) is 4. The van der Waals surface area contributed by atoms with Crippen LogP contribution >= 0.6 is 0 Å². The fraction of sp³-hybridized carbons (Fsp3) is 0.357. The Hall–Kier alpha value is -1.95. The molecule has 20 heavy (non-hydrogen) atoms. The molecule has 0 radical (unpaired) electrons. The molecular formula is C14H16F2N2O2. The number of aromatic nitrogens is 1. The van der Waals surface area contributed by atoms with Gasteiger partial charge in [0.2, 0.25) is 0 Å². The molecule has 2 rings (SSSR count). The first-order chi connectivity index (χ1) is 9.54. The highest BCUT2D eigenvalue weighted by atomic mass is 19.2. The minimum atomic E-state index is -0.943. The zero-order valence-corrected chi connectivity index (χ0v) is 11.3. The van der Waals surface area contributed by atoms with Crippen LogP contribution in [0.15, 0.2) is 28.8 Å². The minimum absolute atomic E-state index is 0.111. The third-order valence-corrected chi connectivity index (χ3v) is 2.57. The monoisotopic (exact) mass is 282 g/mol. The van der Waals surface area contributed by atoms with E-state index in [4.69, 9.17) is 9.26 Å². The van der Waals surface area contributed by atoms with E-state index in [0.29, 0.717) is 18.3 Å². The molecule has 0 unspecified atom stereocenters. The van der Waals surface area contributed by atoms with Crippen LogP contribution in [0.4, 0.5) is 8.78 Å². The van der Waals surface area contributed by atoms with E-state index in [-0.39, 0.29) is 12.4 Å². The standard InChI is InChI=1S/C14H16F2N2O2/c1-9(2)17-7-10-5-12(20-18-10)8-19-11-3-4-13(15)14(16)6-11/h3-6,9,17H,7-8H2,1-2H3. The Morgan fingerprint density at radius 2 is 2.05 bits per heavy atom. The van der Waals surface area contributed by atoms with Crippen molar-refractivity contribution in [2.75, 3.05) is 0 Å². The van der Waals surface area contributed by atoms with Crippen molar-refractivity contribution in [1.29, 1.82) is 0 Å². The van der Waals surface area contributed by atoms with Gasteiger partial charge in [-0.05, 0) is 12.1 Å². The van der Waals surface area contributed by atoms with Gasteiger partial charge in [0.1, 0.15) is 12.4 Å². The topological polar surface area (TPSA) is 47.3 Å². The fourth-order valence-corrected chi connectivity index (χ4v) is 1.54. The normalized spacial score (nSPS) is 11.1. The number of benzene rings is 1. The average Bonchev–Trinajstić information content (AvgIpc) is 2.86. The van der Waals surface area contributed by atoms with Crippen LogP contribution in [0.2, 0.25) is 0 Å². The molecule has 108 valence electrons. The van der Waals surface area contributed by atoms with Crippen molar-refractivity contribution in [3.8, 4) is 5.75 Å². The van der Waals surface area contributed by atoms with E-state index in [0.717, 1.165) is 17.8 Å². The molecule has 0 saturated carbocycles. The van der Waals surface area contributed by atoms with Crippen molar-refractivity contribution in [2.24, 2.45) is 0 Å². The molecule has 1 heterocycles. The Balaban J connectivity index is 1.89. The van der Waals surface area contributed by atoms with Gasteiger partial charge in [-0.3, -0.25) is 0 Å². The fourth-order valence-electron chi connectivity index (χ4n) is 1.54. The van der Waals surface area contributed by atoms with Crippen molar-refractivity contribution in [3.63, 3.8) is 0 Å². The first-order valence-corrected chi connectivity index (χ1v) is 6.30. The molecule has 0 atom stereocenters. The summed E-state index contributed by atoms with van der Waals surface area (Å²) in [6.07, 6.45) is 0. The van der Waals surface area contributed by atoms with Gasteiger partial charge in [-0.2, -0.15) is 0 Å². The first-order valence-electron chi connectivity index (χ1n) is 6.30. The predicted molar refractivity (Wildman–Crippen MR) is 69.2 cm³/mol. The van der Waals surface area contributed by atoms with Gasteiger partial charge >= 0.3 is 0 Å². The number of ether oxygens (including phenoxy) is 1. The lowest BCUT2D eigenvalue weighted by molar-refractivity contribution is 0.247. The van der Waals surface area contributed by atoms with Gasteiger partial charge in [0, 0.05) is 24.7 Å². The molecule has 1 N–H and O–H groups in total. The van der Waals surface area contributed by atoms with Gasteiger partial charge in [0.15, 0.2) is 17.4 Å². The molecule has 1 aromatic heterocycles. The lowest BCUT2D eigenvalue weighted by atomic mass is 10.3. The quantitative estimate of drug-likeness (QED) is 0.884. The molecule has 0 aliphatic heterocycles. The van der Waals surface area contributed by atoms with Crippen molar-refractivity contribution >= 4 is 0 Å². The van der Waals surface area contributed by atoms with Crippen LogP contribution in [-0.2, 0) is 13.2 Å². The predicted octanol–water partition coefficient (Wildman–Crippen LogP) is 3.03. The number of nitrogens with zero attached hydrogens (tertiary/aromatic N) is 1. The van der Waals surface area contributed by atoms with Crippen LogP contribution in [-0.4, -0.2) is 11.2 Å². The van der Waals surface area contributed by atoms with Crippen LogP contribution < -0.4 is 10.1 Å². The van der Waals surface area contributed by atoms with E-state index in [9.17, 15) is 8.78 Å². The zero-order chi connectivity index (χ0) is 14.5. The maximum absolute atomic E-state index is 13.0. The SMILES string of the molecule is CC(C)NCc1cc(COc2ccc(F)c(F)c2)on1. The van der Waals surface area contributed by atoms with E-state index in [1.54, 1.807) is 6.07 Å². The largest absolute Gasteiger partial charge is 0.485 e. The summed E-state index contributed by atoms with van der Waals surface area (Å²) >= 11 is 0. The summed E-state index contributed by atoms with van der Waals surface area (Å²) in [5.74, 6) is -1.08. The third-order valence-electron chi connectivity index (χ3n) is 2.57. The Labute approximate surface area is 115 Å². The molecule has 2 aromatic rings. The van der Waals surface area contributed by atoms with E-state index < -0.39 is 11.6 Å². The summed E-state index contributed by atoms with van der Waals surface area (Å²) in [7, 11) is 0. The summed E-state index contributed by atoms with van der Waals surface area (Å²) in [5.41, 5.74) is 0.766. The van der Waals surface area contributed by atoms with Crippen molar-refractivity contribution in [2.45, 2.75) is 33.0 Å². The van der Waals surface area contributed by atoms with Gasteiger partial charge in [0.05, 0.1) is 5.69 Å². The first kappa shape index (κ1) is 14.5. The second kappa shape index (κ2) is 6.47. The van der Waals surface area contributed by atoms with Gasteiger partial charge in [-0.1, -0.05) is 19.0 Å². The summed E-state index contributed by atoms with van der Waals surface area (Å²) in [4.78, 5) is 0. The van der Waals surface area contributed by atoms with E-state index in [1.165, 1.54) is 6.07 Å². The van der Waals surface area contributed by atoms with Crippen molar-refractivity contribution in [3.05, 3.63) is 47.4 Å². The third kappa shape index (κ3) is 4.03. The molecule has 0 amide bonds. The zero-order valence-electron chi connectivity index (χ0n) is 11.3. The smallest absolute Gasteiger partial charge is 0.174 e. The number of nitrogens with one attached hydrogen (secondary N) is 1. The highest BCUT2D eigenvalue weighted by Gasteiger charge is 2.07. The number of rotatable bonds is 6. The van der Waals surface area contributed by atoms with Gasteiger partial charge in [0.25, 0.3) is 0 Å². The number of halogens is 2. The second-order valence-corrected chi connectivity index (χ2v) is 4.68. The number of hydrogen-bond donors (Lipinski definition) is 1. The van der Waals surface area contributed by atoms with Crippen molar-refractivity contribution in [1.82, 2.24) is 10.5 Å². The van der Waals surface area contributed by atoms with E-state index in [2.05, 4.69) is 10.5 Å². The van der Waals surface area contributed by atoms with Gasteiger partial charge in [-0.15, -0.1) is 0 Å². The Bertz CT molecular complexity index is 570. The maximum Gasteiger partial charge on any atom is 0.174 e. The Morgan fingerprint density at radius 3 is 2.75 bits per heavy atom. The van der Waals surface area contributed by atoms with Gasteiger partial charge < -0.3 is 14.6 Å². The molecule has 0 fully saturated rings. The minimum Gasteiger partial charge on any atom is -0.485 e. The summed E-state index contributed by atoms with van der Waals surface area (Å²) in [5, 5.41) is 7.09. The Kier molecular flexibility index (Phi) is 4.68. The summed E-state index contributed by atoms with van der Waals surface area (Å²) in [6.45, 7) is 4.78. The van der Waals surface area contributed by atoms with Crippen LogP contribution in [0, 0.1) is 11.6 Å². The molecular weight excluding hydrogens is 266 g/mol. The van der Waals surface area contributed by atoms with Crippen LogP contribution in [0.1, 0.15) is 25.3 Å². The summed E-state index contributed by atoms with van der Waals surface area (Å²) < 4.78 is 36.1. The molecule has 0 aliphatic carbocycles. The second-order valence-electron chi connectivity index (χ2n) is 4.68. The highest BCUT2D eigenvalue weighted by molar-refractivity contribution is 5.23. The maximum atomic E-state index is 13.0. The van der Waals surface area contributed by atoms with Crippen LogP contribution in [0.5, 0.6) is 5.75 Å². The van der Waals surface area contributed by atoms with E-state index >= 15 is 0 Å². The Morgan fingerprint density at radius 1 is 1.25 bits per heavy atom. The molecule has 0 saturated heterocycles. The molecule has 1 aromatic carbocycles. The molecule has 0 aliphatic rings. The van der Waals surface area contributed by atoms with Crippen LogP contribution in [0.3, 0.4) is 0 Å². The van der Waals surface area contributed by atoms with E-state index in [1.807, 2.05) is 13.8 Å². The lowest BCUT2D eigenvalue weighted by Gasteiger charge is -2.04. The van der Waals surface area contributed by atoms with Crippen molar-refractivity contribution < 1.29 is 18.0 Å². The molecule has 6 heteroatoms.